The molecule has 2 aromatic heterocycles. The molecule has 0 aliphatic rings. The minimum absolute atomic E-state index is 0.199. The summed E-state index contributed by atoms with van der Waals surface area (Å²) in [5.74, 6) is -0.933. The largest absolute Gasteiger partial charge is 0.469 e. The van der Waals surface area contributed by atoms with Gasteiger partial charge in [0.2, 0.25) is 0 Å². The number of hydrogen-bond acceptors (Lipinski definition) is 5. The van der Waals surface area contributed by atoms with Crippen LogP contribution < -0.4 is 0 Å². The summed E-state index contributed by atoms with van der Waals surface area (Å²) in [5.41, 5.74) is 0.725. The number of carbonyl (C=O) groups is 2. The van der Waals surface area contributed by atoms with Crippen molar-refractivity contribution < 1.29 is 18.7 Å². The number of halogens is 1. The van der Waals surface area contributed by atoms with Crippen LogP contribution in [-0.2, 0) is 16.1 Å². The van der Waals surface area contributed by atoms with Gasteiger partial charge in [-0.05, 0) is 40.2 Å². The summed E-state index contributed by atoms with van der Waals surface area (Å²) in [4.78, 5) is 30.0. The first-order valence-corrected chi connectivity index (χ1v) is 7.83. The Morgan fingerprint density at radius 2 is 2.13 bits per heavy atom. The van der Waals surface area contributed by atoms with Crippen molar-refractivity contribution in [1.82, 2.24) is 9.88 Å². The fourth-order valence-electron chi connectivity index (χ4n) is 2.10. The van der Waals surface area contributed by atoms with Crippen LogP contribution in [0, 0.1) is 5.92 Å². The van der Waals surface area contributed by atoms with Crippen molar-refractivity contribution in [2.45, 2.75) is 13.5 Å². The van der Waals surface area contributed by atoms with E-state index in [1.807, 2.05) is 12.1 Å². The molecule has 2 rings (SSSR count). The summed E-state index contributed by atoms with van der Waals surface area (Å²) < 4.78 is 10.5. The van der Waals surface area contributed by atoms with E-state index >= 15 is 0 Å². The van der Waals surface area contributed by atoms with Crippen molar-refractivity contribution in [3.05, 3.63) is 52.7 Å². The van der Waals surface area contributed by atoms with E-state index in [0.717, 1.165) is 5.69 Å². The van der Waals surface area contributed by atoms with Gasteiger partial charge in [-0.15, -0.1) is 0 Å². The van der Waals surface area contributed by atoms with Gasteiger partial charge >= 0.3 is 5.97 Å². The van der Waals surface area contributed by atoms with Gasteiger partial charge in [0.05, 0.1) is 25.3 Å². The fraction of sp³-hybridized carbons (Fsp3) is 0.312. The minimum Gasteiger partial charge on any atom is -0.469 e. The van der Waals surface area contributed by atoms with Gasteiger partial charge in [-0.2, -0.15) is 0 Å². The van der Waals surface area contributed by atoms with Crippen LogP contribution >= 0.6 is 15.9 Å². The first-order chi connectivity index (χ1) is 11.0. The van der Waals surface area contributed by atoms with Crippen molar-refractivity contribution in [3.63, 3.8) is 0 Å². The van der Waals surface area contributed by atoms with Crippen LogP contribution in [0.15, 0.2) is 45.6 Å². The third-order valence-corrected chi connectivity index (χ3v) is 3.67. The maximum atomic E-state index is 12.6. The maximum Gasteiger partial charge on any atom is 0.310 e. The number of amides is 1. The molecule has 0 N–H and O–H groups in total. The molecule has 0 aromatic carbocycles. The first-order valence-electron chi connectivity index (χ1n) is 7.03. The van der Waals surface area contributed by atoms with Crippen LogP contribution in [0.2, 0.25) is 0 Å². The second-order valence-corrected chi connectivity index (χ2v) is 5.82. The van der Waals surface area contributed by atoms with Gasteiger partial charge in [0.15, 0.2) is 10.4 Å². The molecule has 0 aliphatic heterocycles. The molecular formula is C16H17BrN2O4. The lowest BCUT2D eigenvalue weighted by Crippen LogP contribution is -2.37. The van der Waals surface area contributed by atoms with Gasteiger partial charge in [-0.3, -0.25) is 14.6 Å². The van der Waals surface area contributed by atoms with E-state index in [1.165, 1.54) is 12.0 Å². The summed E-state index contributed by atoms with van der Waals surface area (Å²) >= 11 is 3.18. The molecule has 0 fully saturated rings. The Kier molecular flexibility index (Phi) is 5.92. The highest BCUT2D eigenvalue weighted by Crippen LogP contribution is 2.18. The monoisotopic (exact) mass is 380 g/mol. The van der Waals surface area contributed by atoms with E-state index in [2.05, 4.69) is 20.9 Å². The Morgan fingerprint density at radius 1 is 1.35 bits per heavy atom. The molecule has 1 unspecified atom stereocenters. The number of nitrogens with zero attached hydrogens (tertiary/aromatic N) is 2. The molecule has 2 heterocycles. The number of esters is 1. The number of aromatic nitrogens is 1. The normalized spacial score (nSPS) is 11.8. The molecule has 2 aromatic rings. The zero-order valence-electron chi connectivity index (χ0n) is 12.9. The molecule has 0 bridgehead atoms. The number of pyridine rings is 1. The third kappa shape index (κ3) is 4.66. The average Bonchev–Trinajstić information content (AvgIpc) is 3.00. The highest BCUT2D eigenvalue weighted by molar-refractivity contribution is 9.10. The Morgan fingerprint density at radius 3 is 2.70 bits per heavy atom. The minimum atomic E-state index is -0.453. The Hall–Kier alpha value is -2.15. The molecule has 0 aliphatic carbocycles. The van der Waals surface area contributed by atoms with Crippen molar-refractivity contribution in [1.29, 1.82) is 0 Å². The molecule has 1 atom stereocenters. The van der Waals surface area contributed by atoms with E-state index in [4.69, 9.17) is 9.15 Å². The summed E-state index contributed by atoms with van der Waals surface area (Å²) in [6.07, 6.45) is 1.66. The van der Waals surface area contributed by atoms with Crippen molar-refractivity contribution in [2.24, 2.45) is 5.92 Å². The predicted octanol–water partition coefficient (Wildman–Crippen LogP) is 2.89. The highest BCUT2D eigenvalue weighted by atomic mass is 79.9. The second-order valence-electron chi connectivity index (χ2n) is 5.03. The topological polar surface area (TPSA) is 72.6 Å². The predicted molar refractivity (Wildman–Crippen MR) is 86.6 cm³/mol. The number of hydrogen-bond donors (Lipinski definition) is 0. The number of methoxy groups -OCH3 is 1. The summed E-state index contributed by atoms with van der Waals surface area (Å²) in [5, 5.41) is 0. The van der Waals surface area contributed by atoms with Gasteiger partial charge in [-0.25, -0.2) is 0 Å². The lowest BCUT2D eigenvalue weighted by atomic mass is 10.1. The zero-order valence-corrected chi connectivity index (χ0v) is 14.4. The lowest BCUT2D eigenvalue weighted by Gasteiger charge is -2.23. The number of carbonyl (C=O) groups excluding carboxylic acids is 2. The third-order valence-electron chi connectivity index (χ3n) is 3.25. The molecule has 6 nitrogen and oxygen atoms in total. The maximum absolute atomic E-state index is 12.6. The van der Waals surface area contributed by atoms with Crippen LogP contribution in [0.3, 0.4) is 0 Å². The van der Waals surface area contributed by atoms with E-state index in [9.17, 15) is 9.59 Å². The standard InChI is InChI=1S/C16H17BrN2O4/c1-11(16(21)22-2)9-19(10-12-5-3-4-8-18-12)15(20)13-6-7-14(17)23-13/h3-8,11H,9-10H2,1-2H3. The number of furan rings is 1. The highest BCUT2D eigenvalue weighted by Gasteiger charge is 2.25. The van der Waals surface area contributed by atoms with Crippen LogP contribution in [0.1, 0.15) is 23.2 Å². The summed E-state index contributed by atoms with van der Waals surface area (Å²) in [6.45, 7) is 2.20. The fourth-order valence-corrected chi connectivity index (χ4v) is 2.40. The quantitative estimate of drug-likeness (QED) is 0.720. The Balaban J connectivity index is 2.19. The van der Waals surface area contributed by atoms with Crippen LogP contribution in [0.4, 0.5) is 0 Å². The van der Waals surface area contributed by atoms with Crippen molar-refractivity contribution in [2.75, 3.05) is 13.7 Å². The molecule has 0 radical (unpaired) electrons. The summed E-state index contributed by atoms with van der Waals surface area (Å²) in [7, 11) is 1.33. The van der Waals surface area contributed by atoms with Gasteiger partial charge in [0, 0.05) is 12.7 Å². The zero-order chi connectivity index (χ0) is 16.8. The molecule has 23 heavy (non-hydrogen) atoms. The lowest BCUT2D eigenvalue weighted by molar-refractivity contribution is -0.145. The Labute approximate surface area is 142 Å². The second kappa shape index (κ2) is 7.92. The van der Waals surface area contributed by atoms with Crippen LogP contribution in [0.5, 0.6) is 0 Å². The molecule has 122 valence electrons. The number of rotatable bonds is 6. The number of ether oxygens (including phenoxy) is 1. The van der Waals surface area contributed by atoms with Gasteiger partial charge in [0.25, 0.3) is 5.91 Å². The molecule has 0 saturated heterocycles. The molecule has 1 amide bonds. The van der Waals surface area contributed by atoms with E-state index in [0.29, 0.717) is 4.67 Å². The molecule has 0 spiro atoms. The van der Waals surface area contributed by atoms with Crippen molar-refractivity contribution >= 4 is 27.8 Å². The Bertz CT molecular complexity index is 672. The van der Waals surface area contributed by atoms with Crippen molar-refractivity contribution in [3.8, 4) is 0 Å². The van der Waals surface area contributed by atoms with E-state index in [-0.39, 0.29) is 30.7 Å². The molecule has 0 saturated carbocycles. The van der Waals surface area contributed by atoms with Gasteiger partial charge < -0.3 is 14.1 Å². The van der Waals surface area contributed by atoms with E-state index in [1.54, 1.807) is 31.3 Å². The molecule has 7 heteroatoms. The first kappa shape index (κ1) is 17.2. The SMILES string of the molecule is COC(=O)C(C)CN(Cc1ccccn1)C(=O)c1ccc(Br)o1. The smallest absolute Gasteiger partial charge is 0.310 e. The average molecular weight is 381 g/mol. The van der Waals surface area contributed by atoms with Gasteiger partial charge in [0.1, 0.15) is 0 Å². The van der Waals surface area contributed by atoms with Crippen LogP contribution in [-0.4, -0.2) is 35.4 Å². The molecular weight excluding hydrogens is 364 g/mol. The van der Waals surface area contributed by atoms with E-state index < -0.39 is 5.92 Å². The summed E-state index contributed by atoms with van der Waals surface area (Å²) in [6, 6.07) is 8.70. The van der Waals surface area contributed by atoms with Crippen LogP contribution in [0.25, 0.3) is 0 Å². The van der Waals surface area contributed by atoms with Gasteiger partial charge in [-0.1, -0.05) is 13.0 Å².